The molecule has 0 radical (unpaired) electrons. The molecule has 0 saturated carbocycles. The van der Waals surface area contributed by atoms with E-state index in [1.165, 1.54) is 0 Å². The number of aromatic nitrogens is 1. The van der Waals surface area contributed by atoms with Crippen molar-refractivity contribution < 1.29 is 28.5 Å². The van der Waals surface area contributed by atoms with Crippen molar-refractivity contribution in [1.29, 1.82) is 0 Å². The van der Waals surface area contributed by atoms with Gasteiger partial charge in [-0.3, -0.25) is 0 Å². The number of hydrogen-bond acceptors (Lipinski definition) is 6. The number of carboxylic acid groups (broad SMARTS) is 1. The Hall–Kier alpha value is -1.60. The SMILES string of the molecule is CCOc1oc(COCCOC)nc1C(=O)O. The summed E-state index contributed by atoms with van der Waals surface area (Å²) in [6.45, 7) is 2.94. The minimum absolute atomic E-state index is 0.0801. The van der Waals surface area contributed by atoms with Crippen LogP contribution in [0.25, 0.3) is 0 Å². The van der Waals surface area contributed by atoms with Crippen LogP contribution in [0.1, 0.15) is 23.3 Å². The third-order valence-electron chi connectivity index (χ3n) is 1.78. The smallest absolute Gasteiger partial charge is 0.362 e. The topological polar surface area (TPSA) is 91.0 Å². The van der Waals surface area contributed by atoms with E-state index >= 15 is 0 Å². The summed E-state index contributed by atoms with van der Waals surface area (Å²) in [5, 5.41) is 8.85. The van der Waals surface area contributed by atoms with Crippen LogP contribution in [0.4, 0.5) is 0 Å². The standard InChI is InChI=1S/C10H15NO6/c1-3-16-10-8(9(12)13)11-7(17-10)6-15-5-4-14-2/h3-6H2,1-2H3,(H,12,13). The fourth-order valence-electron chi connectivity index (χ4n) is 1.08. The number of hydrogen-bond donors (Lipinski definition) is 1. The lowest BCUT2D eigenvalue weighted by molar-refractivity contribution is 0.0501. The van der Waals surface area contributed by atoms with Crippen LogP contribution in [0.15, 0.2) is 4.42 Å². The van der Waals surface area contributed by atoms with Gasteiger partial charge in [0.15, 0.2) is 0 Å². The van der Waals surface area contributed by atoms with Crippen molar-refractivity contribution in [2.75, 3.05) is 26.9 Å². The Balaban J connectivity index is 2.61. The number of ether oxygens (including phenoxy) is 3. The Morgan fingerprint density at radius 1 is 1.47 bits per heavy atom. The van der Waals surface area contributed by atoms with Crippen LogP contribution in [0.3, 0.4) is 0 Å². The molecule has 0 spiro atoms. The second-order valence-electron chi connectivity index (χ2n) is 3.03. The van der Waals surface area contributed by atoms with Crippen molar-refractivity contribution in [3.63, 3.8) is 0 Å². The van der Waals surface area contributed by atoms with Gasteiger partial charge in [0, 0.05) is 7.11 Å². The van der Waals surface area contributed by atoms with Crippen LogP contribution in [-0.4, -0.2) is 43.0 Å². The largest absolute Gasteiger partial charge is 0.476 e. The molecule has 7 heteroatoms. The molecule has 0 aliphatic rings. The first kappa shape index (κ1) is 13.5. The Morgan fingerprint density at radius 2 is 2.24 bits per heavy atom. The van der Waals surface area contributed by atoms with E-state index in [0.29, 0.717) is 19.8 Å². The summed E-state index contributed by atoms with van der Waals surface area (Å²) >= 11 is 0. The first-order valence-corrected chi connectivity index (χ1v) is 5.11. The first-order valence-electron chi connectivity index (χ1n) is 5.11. The van der Waals surface area contributed by atoms with E-state index in [4.69, 9.17) is 23.7 Å². The summed E-state index contributed by atoms with van der Waals surface area (Å²) in [6.07, 6.45) is 0. The summed E-state index contributed by atoms with van der Waals surface area (Å²) < 4.78 is 20.1. The quantitative estimate of drug-likeness (QED) is 0.681. The predicted octanol–water partition coefficient (Wildman–Crippen LogP) is 0.935. The highest BCUT2D eigenvalue weighted by atomic mass is 16.6. The molecule has 0 bridgehead atoms. The molecule has 0 amide bonds. The van der Waals surface area contributed by atoms with Crippen molar-refractivity contribution in [2.45, 2.75) is 13.5 Å². The number of oxazole rings is 1. The monoisotopic (exact) mass is 245 g/mol. The Labute approximate surface area is 98.3 Å². The summed E-state index contributed by atoms with van der Waals surface area (Å²) in [4.78, 5) is 14.6. The molecule has 0 atom stereocenters. The van der Waals surface area contributed by atoms with Crippen molar-refractivity contribution in [1.82, 2.24) is 4.98 Å². The van der Waals surface area contributed by atoms with Crippen LogP contribution in [0.2, 0.25) is 0 Å². The van der Waals surface area contributed by atoms with E-state index in [2.05, 4.69) is 4.98 Å². The molecular formula is C10H15NO6. The van der Waals surface area contributed by atoms with E-state index in [1.54, 1.807) is 14.0 Å². The van der Waals surface area contributed by atoms with Crippen molar-refractivity contribution >= 4 is 5.97 Å². The maximum absolute atomic E-state index is 10.8. The molecule has 1 aromatic heterocycles. The molecule has 0 saturated heterocycles. The molecule has 0 aliphatic heterocycles. The van der Waals surface area contributed by atoms with Gasteiger partial charge in [0.25, 0.3) is 0 Å². The maximum atomic E-state index is 10.8. The van der Waals surface area contributed by atoms with Crippen LogP contribution < -0.4 is 4.74 Å². The van der Waals surface area contributed by atoms with E-state index in [9.17, 15) is 4.79 Å². The van der Waals surface area contributed by atoms with Gasteiger partial charge in [0.05, 0.1) is 19.8 Å². The molecule has 1 aromatic rings. The molecule has 0 unspecified atom stereocenters. The third kappa shape index (κ3) is 4.04. The van der Waals surface area contributed by atoms with Gasteiger partial charge in [-0.1, -0.05) is 0 Å². The minimum Gasteiger partial charge on any atom is -0.476 e. The molecule has 7 nitrogen and oxygen atoms in total. The molecular weight excluding hydrogens is 230 g/mol. The van der Waals surface area contributed by atoms with E-state index < -0.39 is 5.97 Å². The van der Waals surface area contributed by atoms with Gasteiger partial charge >= 0.3 is 11.9 Å². The lowest BCUT2D eigenvalue weighted by atomic mass is 10.5. The average Bonchev–Trinajstić information content (AvgIpc) is 2.68. The van der Waals surface area contributed by atoms with Gasteiger partial charge in [0.2, 0.25) is 11.6 Å². The highest BCUT2D eigenvalue weighted by Gasteiger charge is 2.20. The average molecular weight is 245 g/mol. The fraction of sp³-hybridized carbons (Fsp3) is 0.600. The summed E-state index contributed by atoms with van der Waals surface area (Å²) in [5.41, 5.74) is -0.239. The molecule has 0 aromatic carbocycles. The predicted molar refractivity (Wildman–Crippen MR) is 56.2 cm³/mol. The number of aromatic carboxylic acids is 1. The molecule has 17 heavy (non-hydrogen) atoms. The van der Waals surface area contributed by atoms with Gasteiger partial charge in [0.1, 0.15) is 6.61 Å². The molecule has 1 heterocycles. The Morgan fingerprint density at radius 3 is 2.82 bits per heavy atom. The van der Waals surface area contributed by atoms with Crippen molar-refractivity contribution in [2.24, 2.45) is 0 Å². The molecule has 0 fully saturated rings. The molecule has 1 N–H and O–H groups in total. The normalized spacial score (nSPS) is 10.5. The zero-order valence-electron chi connectivity index (χ0n) is 9.76. The second-order valence-corrected chi connectivity index (χ2v) is 3.03. The van der Waals surface area contributed by atoms with Gasteiger partial charge in [-0.25, -0.2) is 9.78 Å². The zero-order valence-corrected chi connectivity index (χ0v) is 9.76. The number of carbonyl (C=O) groups is 1. The highest BCUT2D eigenvalue weighted by Crippen LogP contribution is 2.20. The van der Waals surface area contributed by atoms with E-state index in [1.807, 2.05) is 0 Å². The number of carboxylic acids is 1. The summed E-state index contributed by atoms with van der Waals surface area (Å²) in [7, 11) is 1.56. The molecule has 0 aliphatic carbocycles. The van der Waals surface area contributed by atoms with E-state index in [-0.39, 0.29) is 24.1 Å². The highest BCUT2D eigenvalue weighted by molar-refractivity contribution is 5.87. The second kappa shape index (κ2) is 6.87. The van der Waals surface area contributed by atoms with Crippen LogP contribution in [0, 0.1) is 0 Å². The third-order valence-corrected chi connectivity index (χ3v) is 1.78. The maximum Gasteiger partial charge on any atom is 0.362 e. The van der Waals surface area contributed by atoms with Crippen LogP contribution >= 0.6 is 0 Å². The minimum atomic E-state index is -1.19. The van der Waals surface area contributed by atoms with Gasteiger partial charge in [-0.05, 0) is 6.92 Å². The van der Waals surface area contributed by atoms with Crippen molar-refractivity contribution in [3.8, 4) is 5.95 Å². The van der Waals surface area contributed by atoms with Crippen LogP contribution in [-0.2, 0) is 16.1 Å². The lowest BCUT2D eigenvalue weighted by Crippen LogP contribution is -2.03. The summed E-state index contributed by atoms with van der Waals surface area (Å²) in [6, 6.07) is 0. The van der Waals surface area contributed by atoms with E-state index in [0.717, 1.165) is 0 Å². The lowest BCUT2D eigenvalue weighted by Gasteiger charge is -1.99. The van der Waals surface area contributed by atoms with Gasteiger partial charge < -0.3 is 23.7 Å². The Kier molecular flexibility index (Phi) is 5.44. The number of nitrogens with zero attached hydrogens (tertiary/aromatic N) is 1. The van der Waals surface area contributed by atoms with Gasteiger partial charge in [-0.2, -0.15) is 0 Å². The molecule has 1 rings (SSSR count). The van der Waals surface area contributed by atoms with Crippen molar-refractivity contribution in [3.05, 3.63) is 11.6 Å². The van der Waals surface area contributed by atoms with Crippen LogP contribution in [0.5, 0.6) is 5.95 Å². The number of rotatable bonds is 8. The first-order chi connectivity index (χ1) is 8.19. The fourth-order valence-corrected chi connectivity index (χ4v) is 1.08. The van der Waals surface area contributed by atoms with Gasteiger partial charge in [-0.15, -0.1) is 0 Å². The Bertz CT molecular complexity index is 362. The number of methoxy groups -OCH3 is 1. The zero-order chi connectivity index (χ0) is 12.7. The molecule has 96 valence electrons. The summed E-state index contributed by atoms with van der Waals surface area (Å²) in [5.74, 6) is -1.12.